The molecule has 1 saturated carbocycles. The fourth-order valence-corrected chi connectivity index (χ4v) is 3.11. The summed E-state index contributed by atoms with van der Waals surface area (Å²) in [5.74, 6) is -3.12. The van der Waals surface area contributed by atoms with Crippen LogP contribution in [0.2, 0.25) is 0 Å². The lowest BCUT2D eigenvalue weighted by Crippen LogP contribution is -2.44. The molecule has 0 unspecified atom stereocenters. The normalized spacial score (nSPS) is 22.2. The number of rotatable bonds is 3. The molecule has 1 fully saturated rings. The van der Waals surface area contributed by atoms with Crippen LogP contribution in [0.5, 0.6) is 0 Å². The molecule has 0 atom stereocenters. The van der Waals surface area contributed by atoms with Gasteiger partial charge in [0.15, 0.2) is 5.82 Å². The molecule has 0 heterocycles. The molecule has 1 aliphatic carbocycles. The van der Waals surface area contributed by atoms with Crippen LogP contribution in [0.25, 0.3) is 0 Å². The average molecular weight is 324 g/mol. The van der Waals surface area contributed by atoms with Crippen LogP contribution in [0.4, 0.5) is 8.78 Å². The van der Waals surface area contributed by atoms with Crippen molar-refractivity contribution in [2.45, 2.75) is 30.7 Å². The molecule has 1 aliphatic rings. The molecule has 0 spiro atoms. The Bertz CT molecular complexity index is 657. The zero-order valence-corrected chi connectivity index (χ0v) is 12.1. The number of halogens is 3. The molecular weight excluding hydrogens is 312 g/mol. The molecule has 1 N–H and O–H groups in total. The van der Waals surface area contributed by atoms with Crippen LogP contribution >= 0.6 is 10.7 Å². The van der Waals surface area contributed by atoms with E-state index in [1.807, 2.05) is 6.92 Å². The molecule has 0 aliphatic heterocycles. The number of carbonyl (C=O) groups excluding carboxylic acids is 1. The van der Waals surface area contributed by atoms with E-state index in [1.54, 1.807) is 0 Å². The van der Waals surface area contributed by atoms with Crippen molar-refractivity contribution in [1.82, 2.24) is 5.32 Å². The standard InChI is InChI=1S/C12H12ClF2NO3S/c1-6-4-7(5-6)16-12(17)10-8(14)2-3-9(11(10)15)20(13,18)19/h2-3,6-7H,4-5H2,1H3,(H,16,17). The van der Waals surface area contributed by atoms with Gasteiger partial charge >= 0.3 is 0 Å². The van der Waals surface area contributed by atoms with E-state index in [4.69, 9.17) is 10.7 Å². The van der Waals surface area contributed by atoms with Gasteiger partial charge in [0.1, 0.15) is 16.3 Å². The lowest BCUT2D eigenvalue weighted by molar-refractivity contribution is 0.0887. The SMILES string of the molecule is CC1CC(NC(=O)c2c(F)ccc(S(=O)(=O)Cl)c2F)C1. The summed E-state index contributed by atoms with van der Waals surface area (Å²) < 4.78 is 49.8. The van der Waals surface area contributed by atoms with Crippen LogP contribution < -0.4 is 5.32 Å². The molecule has 1 aromatic rings. The Labute approximate surface area is 119 Å². The Kier molecular flexibility index (Phi) is 4.02. The molecule has 4 nitrogen and oxygen atoms in total. The highest BCUT2D eigenvalue weighted by atomic mass is 35.7. The van der Waals surface area contributed by atoms with Gasteiger partial charge in [-0.1, -0.05) is 6.92 Å². The Morgan fingerprint density at radius 3 is 2.45 bits per heavy atom. The first-order valence-corrected chi connectivity index (χ1v) is 8.24. The largest absolute Gasteiger partial charge is 0.349 e. The van der Waals surface area contributed by atoms with Crippen molar-refractivity contribution >= 4 is 25.6 Å². The Morgan fingerprint density at radius 1 is 1.35 bits per heavy atom. The lowest BCUT2D eigenvalue weighted by Gasteiger charge is -2.33. The summed E-state index contributed by atoms with van der Waals surface area (Å²) in [6.07, 6.45) is 1.45. The second-order valence-electron chi connectivity index (χ2n) is 4.92. The molecule has 110 valence electrons. The molecule has 1 aromatic carbocycles. The zero-order valence-electron chi connectivity index (χ0n) is 10.5. The van der Waals surface area contributed by atoms with Crippen LogP contribution in [0, 0.1) is 17.6 Å². The van der Waals surface area contributed by atoms with Gasteiger partial charge in [-0.2, -0.15) is 0 Å². The van der Waals surface area contributed by atoms with Crippen LogP contribution in [0.1, 0.15) is 30.1 Å². The van der Waals surface area contributed by atoms with Gasteiger partial charge in [-0.3, -0.25) is 4.79 Å². The van der Waals surface area contributed by atoms with E-state index in [0.717, 1.165) is 12.8 Å². The first-order valence-electron chi connectivity index (χ1n) is 5.93. The molecule has 0 saturated heterocycles. The monoisotopic (exact) mass is 323 g/mol. The third-order valence-corrected chi connectivity index (χ3v) is 4.59. The first-order chi connectivity index (χ1) is 9.20. The van der Waals surface area contributed by atoms with E-state index in [1.165, 1.54) is 0 Å². The summed E-state index contributed by atoms with van der Waals surface area (Å²) in [7, 11) is 0.650. The topological polar surface area (TPSA) is 63.2 Å². The summed E-state index contributed by atoms with van der Waals surface area (Å²) in [6.45, 7) is 1.99. The highest BCUT2D eigenvalue weighted by Gasteiger charge is 2.30. The summed E-state index contributed by atoms with van der Waals surface area (Å²) in [5.41, 5.74) is -0.925. The van der Waals surface area contributed by atoms with Crippen LogP contribution in [-0.2, 0) is 9.05 Å². The number of hydrogen-bond acceptors (Lipinski definition) is 3. The van der Waals surface area contributed by atoms with Crippen molar-refractivity contribution in [1.29, 1.82) is 0 Å². The van der Waals surface area contributed by atoms with Crippen LogP contribution in [-0.4, -0.2) is 20.4 Å². The Hall–Kier alpha value is -1.21. The van der Waals surface area contributed by atoms with E-state index in [2.05, 4.69) is 5.32 Å². The molecule has 2 rings (SSSR count). The number of benzene rings is 1. The van der Waals surface area contributed by atoms with Gasteiger partial charge in [0.25, 0.3) is 15.0 Å². The number of nitrogens with one attached hydrogen (secondary N) is 1. The van der Waals surface area contributed by atoms with Crippen molar-refractivity contribution in [3.8, 4) is 0 Å². The maximum Gasteiger partial charge on any atom is 0.264 e. The van der Waals surface area contributed by atoms with E-state index in [0.29, 0.717) is 18.1 Å². The minimum atomic E-state index is -4.38. The maximum atomic E-state index is 14.0. The highest BCUT2D eigenvalue weighted by molar-refractivity contribution is 8.13. The molecule has 8 heteroatoms. The second kappa shape index (κ2) is 5.29. The molecule has 0 aromatic heterocycles. The van der Waals surface area contributed by atoms with Crippen molar-refractivity contribution in [2.75, 3.05) is 0 Å². The zero-order chi connectivity index (χ0) is 15.1. The first kappa shape index (κ1) is 15.2. The predicted molar refractivity (Wildman–Crippen MR) is 69.0 cm³/mol. The van der Waals surface area contributed by atoms with E-state index >= 15 is 0 Å². The molecule has 0 bridgehead atoms. The van der Waals surface area contributed by atoms with Crippen molar-refractivity contribution in [2.24, 2.45) is 5.92 Å². The summed E-state index contributed by atoms with van der Waals surface area (Å²) in [6, 6.07) is 1.25. The van der Waals surface area contributed by atoms with E-state index < -0.39 is 37.1 Å². The van der Waals surface area contributed by atoms with Crippen molar-refractivity contribution in [3.05, 3.63) is 29.3 Å². The van der Waals surface area contributed by atoms with E-state index in [-0.39, 0.29) is 6.04 Å². The Morgan fingerprint density at radius 2 is 1.95 bits per heavy atom. The van der Waals surface area contributed by atoms with Crippen molar-refractivity contribution < 1.29 is 22.0 Å². The van der Waals surface area contributed by atoms with Gasteiger partial charge in [0.05, 0.1) is 0 Å². The lowest BCUT2D eigenvalue weighted by atomic mass is 9.82. The number of amides is 1. The van der Waals surface area contributed by atoms with Gasteiger partial charge in [0.2, 0.25) is 0 Å². The third kappa shape index (κ3) is 2.93. The average Bonchev–Trinajstić information content (AvgIpc) is 2.24. The van der Waals surface area contributed by atoms with Gasteiger partial charge in [-0.25, -0.2) is 17.2 Å². The predicted octanol–water partition coefficient (Wildman–Crippen LogP) is 2.42. The second-order valence-corrected chi connectivity index (χ2v) is 7.45. The fraction of sp³-hybridized carbons (Fsp3) is 0.417. The maximum absolute atomic E-state index is 14.0. The summed E-state index contributed by atoms with van der Waals surface area (Å²) in [4.78, 5) is 10.9. The van der Waals surface area contributed by atoms with Crippen LogP contribution in [0.3, 0.4) is 0 Å². The van der Waals surface area contributed by atoms with Gasteiger partial charge in [-0.15, -0.1) is 0 Å². The molecule has 0 radical (unpaired) electrons. The molecule has 20 heavy (non-hydrogen) atoms. The van der Waals surface area contributed by atoms with Crippen LogP contribution in [0.15, 0.2) is 17.0 Å². The molecular formula is C12H12ClF2NO3S. The summed E-state index contributed by atoms with van der Waals surface area (Å²) in [5, 5.41) is 2.47. The third-order valence-electron chi connectivity index (χ3n) is 3.25. The molecule has 1 amide bonds. The van der Waals surface area contributed by atoms with Crippen molar-refractivity contribution in [3.63, 3.8) is 0 Å². The van der Waals surface area contributed by atoms with Gasteiger partial charge in [0, 0.05) is 16.7 Å². The smallest absolute Gasteiger partial charge is 0.264 e. The van der Waals surface area contributed by atoms with Gasteiger partial charge in [-0.05, 0) is 30.9 Å². The minimum absolute atomic E-state index is 0.146. The fourth-order valence-electron chi connectivity index (χ4n) is 2.21. The quantitative estimate of drug-likeness (QED) is 0.869. The van der Waals surface area contributed by atoms with E-state index in [9.17, 15) is 22.0 Å². The highest BCUT2D eigenvalue weighted by Crippen LogP contribution is 2.28. The summed E-state index contributed by atoms with van der Waals surface area (Å²) >= 11 is 0. The Balaban J connectivity index is 2.33. The number of hydrogen-bond donors (Lipinski definition) is 1. The van der Waals surface area contributed by atoms with Gasteiger partial charge < -0.3 is 5.32 Å². The minimum Gasteiger partial charge on any atom is -0.349 e. The number of carbonyl (C=O) groups is 1.